The Morgan fingerprint density at radius 1 is 1.53 bits per heavy atom. The van der Waals surface area contributed by atoms with E-state index in [-0.39, 0.29) is 0 Å². The van der Waals surface area contributed by atoms with Crippen molar-refractivity contribution in [3.8, 4) is 0 Å². The highest BCUT2D eigenvalue weighted by Gasteiger charge is 2.02. The second-order valence-electron chi connectivity index (χ2n) is 3.09. The maximum Gasteiger partial charge on any atom is 0.164 e. The lowest BCUT2D eigenvalue weighted by Gasteiger charge is -1.96. The van der Waals surface area contributed by atoms with E-state index in [9.17, 15) is 0 Å². The van der Waals surface area contributed by atoms with Gasteiger partial charge in [0.05, 0.1) is 16.9 Å². The molecule has 0 aliphatic carbocycles. The van der Waals surface area contributed by atoms with Crippen LogP contribution in [0.15, 0.2) is 22.2 Å². The van der Waals surface area contributed by atoms with Crippen LogP contribution in [0, 0.1) is 0 Å². The van der Waals surface area contributed by atoms with Crippen LogP contribution in [0.1, 0.15) is 10.7 Å². The smallest absolute Gasteiger partial charge is 0.164 e. The van der Waals surface area contributed by atoms with Gasteiger partial charge in [0, 0.05) is 4.88 Å². The fraction of sp³-hybridized carbons (Fsp3) is 0.333. The van der Waals surface area contributed by atoms with Crippen LogP contribution in [0.3, 0.4) is 0 Å². The van der Waals surface area contributed by atoms with Crippen molar-refractivity contribution in [1.29, 1.82) is 0 Å². The highest BCUT2D eigenvalue weighted by atomic mass is 79.9. The van der Waals surface area contributed by atoms with Gasteiger partial charge in [0.2, 0.25) is 0 Å². The Bertz CT molecular complexity index is 437. The van der Waals surface area contributed by atoms with Crippen LogP contribution < -0.4 is 5.32 Å². The van der Waals surface area contributed by atoms with Crippen LogP contribution in [-0.4, -0.2) is 21.8 Å². The van der Waals surface area contributed by atoms with Crippen molar-refractivity contribution in [2.24, 2.45) is 0 Å². The van der Waals surface area contributed by atoms with Gasteiger partial charge in [-0.2, -0.15) is 5.10 Å². The molecule has 0 spiro atoms. The van der Waals surface area contributed by atoms with Crippen LogP contribution in [0.25, 0.3) is 0 Å². The maximum atomic E-state index is 4.34. The lowest BCUT2D eigenvalue weighted by Crippen LogP contribution is -2.07. The van der Waals surface area contributed by atoms with Gasteiger partial charge in [0.25, 0.3) is 0 Å². The van der Waals surface area contributed by atoms with Crippen molar-refractivity contribution < 1.29 is 0 Å². The van der Waals surface area contributed by atoms with Gasteiger partial charge in [-0.1, -0.05) is 0 Å². The third kappa shape index (κ3) is 2.87. The van der Waals surface area contributed by atoms with Crippen molar-refractivity contribution >= 4 is 27.3 Å². The minimum atomic E-state index is 0.709. The van der Waals surface area contributed by atoms with Gasteiger partial charge in [-0.3, -0.25) is 0 Å². The first-order valence-electron chi connectivity index (χ1n) is 4.55. The predicted octanol–water partition coefficient (Wildman–Crippen LogP) is 1.87. The molecule has 2 rings (SSSR count). The SMILES string of the molecule is CNCc1ncn(Cc2ccc(Br)s2)n1. The number of hydrogen-bond donors (Lipinski definition) is 1. The maximum absolute atomic E-state index is 4.34. The first kappa shape index (κ1) is 10.8. The Kier molecular flexibility index (Phi) is 3.50. The molecule has 0 saturated carbocycles. The summed E-state index contributed by atoms with van der Waals surface area (Å²) in [5.41, 5.74) is 0. The van der Waals surface area contributed by atoms with Crippen molar-refractivity contribution in [3.05, 3.63) is 32.9 Å². The molecule has 0 aliphatic heterocycles. The Labute approximate surface area is 100 Å². The highest BCUT2D eigenvalue weighted by molar-refractivity contribution is 9.11. The van der Waals surface area contributed by atoms with E-state index in [2.05, 4.69) is 37.4 Å². The Balaban J connectivity index is 2.04. The molecule has 0 bridgehead atoms. The zero-order valence-corrected chi connectivity index (χ0v) is 10.7. The van der Waals surface area contributed by atoms with Crippen molar-refractivity contribution in [2.45, 2.75) is 13.1 Å². The molecule has 0 amide bonds. The van der Waals surface area contributed by atoms with Crippen LogP contribution in [0.5, 0.6) is 0 Å². The summed E-state index contributed by atoms with van der Waals surface area (Å²) in [6, 6.07) is 4.14. The lowest BCUT2D eigenvalue weighted by atomic mass is 10.5. The fourth-order valence-electron chi connectivity index (χ4n) is 1.24. The van der Waals surface area contributed by atoms with E-state index in [1.807, 2.05) is 17.8 Å². The summed E-state index contributed by atoms with van der Waals surface area (Å²) < 4.78 is 3.00. The molecular weight excluding hydrogens is 276 g/mol. The third-order valence-electron chi connectivity index (χ3n) is 1.87. The van der Waals surface area contributed by atoms with Gasteiger partial charge >= 0.3 is 0 Å². The van der Waals surface area contributed by atoms with E-state index in [0.717, 1.165) is 16.2 Å². The summed E-state index contributed by atoms with van der Waals surface area (Å²) in [5, 5.41) is 7.36. The molecule has 4 nitrogen and oxygen atoms in total. The van der Waals surface area contributed by atoms with Gasteiger partial charge in [-0.15, -0.1) is 11.3 Å². The fourth-order valence-corrected chi connectivity index (χ4v) is 2.72. The Morgan fingerprint density at radius 3 is 3.07 bits per heavy atom. The van der Waals surface area contributed by atoms with E-state index in [0.29, 0.717) is 6.54 Å². The first-order chi connectivity index (χ1) is 7.28. The molecule has 80 valence electrons. The third-order valence-corrected chi connectivity index (χ3v) is 3.47. The minimum Gasteiger partial charge on any atom is -0.313 e. The lowest BCUT2D eigenvalue weighted by molar-refractivity contribution is 0.664. The quantitative estimate of drug-likeness (QED) is 0.933. The van der Waals surface area contributed by atoms with Gasteiger partial charge in [0.1, 0.15) is 6.33 Å². The monoisotopic (exact) mass is 286 g/mol. The number of thiophene rings is 1. The molecule has 0 atom stereocenters. The van der Waals surface area contributed by atoms with Crippen LogP contribution >= 0.6 is 27.3 Å². The normalized spacial score (nSPS) is 10.8. The van der Waals surface area contributed by atoms with E-state index < -0.39 is 0 Å². The second-order valence-corrected chi connectivity index (χ2v) is 5.64. The summed E-state index contributed by atoms with van der Waals surface area (Å²) in [7, 11) is 1.89. The molecule has 0 aliphatic rings. The largest absolute Gasteiger partial charge is 0.313 e. The number of hydrogen-bond acceptors (Lipinski definition) is 4. The predicted molar refractivity (Wildman–Crippen MR) is 63.9 cm³/mol. The van der Waals surface area contributed by atoms with E-state index >= 15 is 0 Å². The van der Waals surface area contributed by atoms with Gasteiger partial charge in [-0.25, -0.2) is 9.67 Å². The van der Waals surface area contributed by atoms with Crippen LogP contribution in [0.2, 0.25) is 0 Å². The standard InChI is InChI=1S/C9H11BrN4S/c1-11-4-9-12-6-14(13-9)5-7-2-3-8(10)15-7/h2-3,6,11H,4-5H2,1H3. The number of rotatable bonds is 4. The molecule has 0 fully saturated rings. The van der Waals surface area contributed by atoms with Gasteiger partial charge < -0.3 is 5.32 Å². The van der Waals surface area contributed by atoms with Gasteiger partial charge in [0.15, 0.2) is 5.82 Å². The van der Waals surface area contributed by atoms with Crippen molar-refractivity contribution in [3.63, 3.8) is 0 Å². The zero-order valence-electron chi connectivity index (χ0n) is 8.27. The molecule has 15 heavy (non-hydrogen) atoms. The number of aromatic nitrogens is 3. The molecular formula is C9H11BrN4S. The number of halogens is 1. The molecule has 6 heteroatoms. The minimum absolute atomic E-state index is 0.709. The van der Waals surface area contributed by atoms with Crippen molar-refractivity contribution in [2.75, 3.05) is 7.05 Å². The summed E-state index contributed by atoms with van der Waals surface area (Å²) in [4.78, 5) is 5.46. The first-order valence-corrected chi connectivity index (χ1v) is 6.16. The highest BCUT2D eigenvalue weighted by Crippen LogP contribution is 2.22. The zero-order chi connectivity index (χ0) is 10.7. The van der Waals surface area contributed by atoms with Gasteiger partial charge in [-0.05, 0) is 35.1 Å². The average molecular weight is 287 g/mol. The molecule has 0 aromatic carbocycles. The summed E-state index contributed by atoms with van der Waals surface area (Å²) in [6.07, 6.45) is 1.76. The summed E-state index contributed by atoms with van der Waals surface area (Å²) in [6.45, 7) is 1.49. The topological polar surface area (TPSA) is 42.7 Å². The molecule has 0 unspecified atom stereocenters. The average Bonchev–Trinajstić information content (AvgIpc) is 2.78. The molecule has 2 heterocycles. The summed E-state index contributed by atoms with van der Waals surface area (Å²) >= 11 is 5.16. The molecule has 2 aromatic rings. The van der Waals surface area contributed by atoms with Crippen LogP contribution in [-0.2, 0) is 13.1 Å². The number of nitrogens with zero attached hydrogens (tertiary/aromatic N) is 3. The Morgan fingerprint density at radius 2 is 2.40 bits per heavy atom. The van der Waals surface area contributed by atoms with Crippen LogP contribution in [0.4, 0.5) is 0 Å². The molecule has 0 radical (unpaired) electrons. The van der Waals surface area contributed by atoms with E-state index in [1.165, 1.54) is 4.88 Å². The Hall–Kier alpha value is -0.720. The summed E-state index contributed by atoms with van der Waals surface area (Å²) in [5.74, 6) is 0.827. The second kappa shape index (κ2) is 4.87. The molecule has 0 saturated heterocycles. The van der Waals surface area contributed by atoms with Crippen molar-refractivity contribution in [1.82, 2.24) is 20.1 Å². The number of nitrogens with one attached hydrogen (secondary N) is 1. The van der Waals surface area contributed by atoms with E-state index in [4.69, 9.17) is 0 Å². The van der Waals surface area contributed by atoms with E-state index in [1.54, 1.807) is 17.7 Å². The molecule has 1 N–H and O–H groups in total. The molecule has 2 aromatic heterocycles.